The van der Waals surface area contributed by atoms with Crippen molar-refractivity contribution in [3.05, 3.63) is 58.6 Å². The first-order valence-corrected chi connectivity index (χ1v) is 9.13. The van der Waals surface area contributed by atoms with Gasteiger partial charge in [-0.05, 0) is 37.6 Å². The topological polar surface area (TPSA) is 96.0 Å². The number of aryl methyl sites for hydroxylation is 1. The highest BCUT2D eigenvalue weighted by Gasteiger charge is 2.17. The van der Waals surface area contributed by atoms with E-state index in [1.54, 1.807) is 12.1 Å². The maximum atomic E-state index is 10.9. The maximum absolute atomic E-state index is 10.9. The molecule has 0 atom stereocenters. The Morgan fingerprint density at radius 2 is 1.75 bits per heavy atom. The summed E-state index contributed by atoms with van der Waals surface area (Å²) >= 11 is 0. The fourth-order valence-corrected chi connectivity index (χ4v) is 3.13. The molecule has 0 spiro atoms. The molecule has 0 N–H and O–H groups in total. The van der Waals surface area contributed by atoms with Gasteiger partial charge in [-0.25, -0.2) is 15.0 Å². The number of para-hydroxylation sites is 2. The van der Waals surface area contributed by atoms with Gasteiger partial charge in [-0.3, -0.25) is 10.1 Å². The number of hydrogen-bond donors (Lipinski definition) is 0. The highest BCUT2D eigenvalue weighted by molar-refractivity contribution is 5.84. The standard InChI is InChI=1S/C20H19N5O3/c1-2-28-13-5-12-24-19(14-8-10-15(11-9-14)25(26)27)23-18-20(24)22-17-7-4-3-6-16(17)21-18/h3-4,6-11H,2,5,12-13H2,1H3. The van der Waals surface area contributed by atoms with Crippen LogP contribution in [0.15, 0.2) is 48.5 Å². The van der Waals surface area contributed by atoms with Crippen LogP contribution in [0.1, 0.15) is 13.3 Å². The zero-order valence-electron chi connectivity index (χ0n) is 15.4. The SMILES string of the molecule is CCOCCCn1c(-c2ccc([N+](=O)[O-])cc2)nc2nc3ccccc3nc21. The number of nitro benzene ring substituents is 1. The van der Waals surface area contributed by atoms with Gasteiger partial charge in [-0.2, -0.15) is 0 Å². The minimum Gasteiger partial charge on any atom is -0.382 e. The number of nitrogens with zero attached hydrogens (tertiary/aromatic N) is 5. The average Bonchev–Trinajstić information content (AvgIpc) is 3.07. The van der Waals surface area contributed by atoms with E-state index < -0.39 is 4.92 Å². The number of nitro groups is 1. The van der Waals surface area contributed by atoms with Crippen molar-refractivity contribution in [3.63, 3.8) is 0 Å². The third-order valence-electron chi connectivity index (χ3n) is 4.47. The molecule has 142 valence electrons. The van der Waals surface area contributed by atoms with Crippen LogP contribution in [0.25, 0.3) is 33.7 Å². The third-order valence-corrected chi connectivity index (χ3v) is 4.47. The Kier molecular flexibility index (Phi) is 4.94. The van der Waals surface area contributed by atoms with E-state index >= 15 is 0 Å². The van der Waals surface area contributed by atoms with Crippen LogP contribution in [-0.4, -0.2) is 37.7 Å². The Hall–Kier alpha value is -3.39. The highest BCUT2D eigenvalue weighted by atomic mass is 16.6. The molecule has 8 heteroatoms. The van der Waals surface area contributed by atoms with Gasteiger partial charge in [0.05, 0.1) is 16.0 Å². The predicted octanol–water partition coefficient (Wildman–Crippen LogP) is 3.98. The molecule has 4 rings (SSSR count). The van der Waals surface area contributed by atoms with E-state index in [1.165, 1.54) is 12.1 Å². The van der Waals surface area contributed by atoms with Crippen molar-refractivity contribution in [2.75, 3.05) is 13.2 Å². The second kappa shape index (κ2) is 7.69. The molecule has 2 heterocycles. The normalized spacial score (nSPS) is 11.3. The third kappa shape index (κ3) is 3.41. The molecule has 2 aromatic carbocycles. The summed E-state index contributed by atoms with van der Waals surface area (Å²) in [4.78, 5) is 24.6. The van der Waals surface area contributed by atoms with Crippen molar-refractivity contribution in [1.29, 1.82) is 0 Å². The summed E-state index contributed by atoms with van der Waals surface area (Å²) in [6.07, 6.45) is 0.799. The summed E-state index contributed by atoms with van der Waals surface area (Å²) in [5.41, 5.74) is 3.67. The summed E-state index contributed by atoms with van der Waals surface area (Å²) in [6, 6.07) is 14.0. The van der Waals surface area contributed by atoms with Crippen molar-refractivity contribution in [2.45, 2.75) is 19.9 Å². The molecule has 4 aromatic rings. The van der Waals surface area contributed by atoms with Gasteiger partial charge in [-0.15, -0.1) is 0 Å². The van der Waals surface area contributed by atoms with E-state index in [2.05, 4.69) is 9.97 Å². The molecule has 28 heavy (non-hydrogen) atoms. The zero-order valence-corrected chi connectivity index (χ0v) is 15.4. The van der Waals surface area contributed by atoms with Crippen LogP contribution < -0.4 is 0 Å². The number of benzene rings is 2. The molecule has 2 aromatic heterocycles. The first kappa shape index (κ1) is 18.0. The van der Waals surface area contributed by atoms with Gasteiger partial charge < -0.3 is 9.30 Å². The van der Waals surface area contributed by atoms with Crippen LogP contribution in [0.5, 0.6) is 0 Å². The number of aromatic nitrogens is 4. The molecular formula is C20H19N5O3. The highest BCUT2D eigenvalue weighted by Crippen LogP contribution is 2.26. The predicted molar refractivity (Wildman–Crippen MR) is 106 cm³/mol. The van der Waals surface area contributed by atoms with Crippen LogP contribution in [0.3, 0.4) is 0 Å². The first-order chi connectivity index (χ1) is 13.7. The monoisotopic (exact) mass is 377 g/mol. The number of hydrogen-bond acceptors (Lipinski definition) is 6. The number of non-ortho nitro benzene ring substituents is 1. The lowest BCUT2D eigenvalue weighted by molar-refractivity contribution is -0.384. The minimum absolute atomic E-state index is 0.0461. The second-order valence-corrected chi connectivity index (χ2v) is 6.30. The summed E-state index contributed by atoms with van der Waals surface area (Å²) in [5.74, 6) is 0.691. The smallest absolute Gasteiger partial charge is 0.269 e. The van der Waals surface area contributed by atoms with Crippen LogP contribution >= 0.6 is 0 Å². The van der Waals surface area contributed by atoms with E-state index in [4.69, 9.17) is 9.72 Å². The largest absolute Gasteiger partial charge is 0.382 e. The lowest BCUT2D eigenvalue weighted by Gasteiger charge is -2.09. The van der Waals surface area contributed by atoms with Gasteiger partial charge in [0.2, 0.25) is 0 Å². The van der Waals surface area contributed by atoms with Crippen LogP contribution in [0, 0.1) is 10.1 Å². The molecule has 8 nitrogen and oxygen atoms in total. The van der Waals surface area contributed by atoms with Crippen molar-refractivity contribution < 1.29 is 9.66 Å². The van der Waals surface area contributed by atoms with Gasteiger partial charge >= 0.3 is 0 Å². The number of ether oxygens (including phenoxy) is 1. The maximum Gasteiger partial charge on any atom is 0.269 e. The van der Waals surface area contributed by atoms with Gasteiger partial charge in [0, 0.05) is 37.5 Å². The average molecular weight is 377 g/mol. The van der Waals surface area contributed by atoms with Crippen molar-refractivity contribution in [1.82, 2.24) is 19.5 Å². The van der Waals surface area contributed by atoms with E-state index in [0.29, 0.717) is 36.9 Å². The first-order valence-electron chi connectivity index (χ1n) is 9.13. The quantitative estimate of drug-likeness (QED) is 0.275. The molecule has 0 bridgehead atoms. The van der Waals surface area contributed by atoms with Gasteiger partial charge in [0.15, 0.2) is 11.3 Å². The molecule has 0 aliphatic heterocycles. The van der Waals surface area contributed by atoms with Crippen LogP contribution in [0.2, 0.25) is 0 Å². The lowest BCUT2D eigenvalue weighted by Crippen LogP contribution is -2.05. The summed E-state index contributed by atoms with van der Waals surface area (Å²) < 4.78 is 7.47. The summed E-state index contributed by atoms with van der Waals surface area (Å²) in [6.45, 7) is 3.93. The number of fused-ring (bicyclic) bond motifs is 2. The molecule has 0 saturated carbocycles. The number of imidazole rings is 1. The van der Waals surface area contributed by atoms with Crippen LogP contribution in [-0.2, 0) is 11.3 Å². The van der Waals surface area contributed by atoms with Gasteiger partial charge in [-0.1, -0.05) is 12.1 Å². The molecule has 0 unspecified atom stereocenters. The Labute approximate surface area is 161 Å². The fraction of sp³-hybridized carbons (Fsp3) is 0.250. The minimum atomic E-state index is -0.412. The molecule has 0 aliphatic carbocycles. The summed E-state index contributed by atoms with van der Waals surface area (Å²) in [5, 5.41) is 10.9. The van der Waals surface area contributed by atoms with Gasteiger partial charge in [0.1, 0.15) is 5.82 Å². The van der Waals surface area contributed by atoms with Crippen molar-refractivity contribution in [3.8, 4) is 11.4 Å². The Morgan fingerprint density at radius 1 is 1.04 bits per heavy atom. The van der Waals surface area contributed by atoms with Crippen molar-refractivity contribution in [2.24, 2.45) is 0 Å². The zero-order chi connectivity index (χ0) is 19.5. The second-order valence-electron chi connectivity index (χ2n) is 6.30. The molecule has 0 radical (unpaired) electrons. The molecular weight excluding hydrogens is 358 g/mol. The lowest BCUT2D eigenvalue weighted by atomic mass is 10.2. The van der Waals surface area contributed by atoms with E-state index in [-0.39, 0.29) is 5.69 Å². The fourth-order valence-electron chi connectivity index (χ4n) is 3.13. The Balaban J connectivity index is 1.82. The van der Waals surface area contributed by atoms with Crippen molar-refractivity contribution >= 4 is 28.0 Å². The Morgan fingerprint density at radius 3 is 2.43 bits per heavy atom. The summed E-state index contributed by atoms with van der Waals surface area (Å²) in [7, 11) is 0. The Bertz CT molecular complexity index is 1140. The van der Waals surface area contributed by atoms with E-state index in [1.807, 2.05) is 35.8 Å². The number of rotatable bonds is 7. The van der Waals surface area contributed by atoms with E-state index in [9.17, 15) is 10.1 Å². The van der Waals surface area contributed by atoms with E-state index in [0.717, 1.165) is 23.0 Å². The molecule has 0 saturated heterocycles. The molecule has 0 amide bonds. The molecule has 0 aliphatic rings. The van der Waals surface area contributed by atoms with Crippen LogP contribution in [0.4, 0.5) is 5.69 Å². The molecule has 0 fully saturated rings. The van der Waals surface area contributed by atoms with Gasteiger partial charge in [0.25, 0.3) is 5.69 Å².